The molecule has 0 radical (unpaired) electrons. The highest BCUT2D eigenvalue weighted by atomic mass is 32.2. The molecule has 0 saturated heterocycles. The highest BCUT2D eigenvalue weighted by Gasteiger charge is 1.99. The largest absolute Gasteiger partial charge is 0.395 e. The van der Waals surface area contributed by atoms with Crippen LogP contribution < -0.4 is 0 Å². The molecule has 0 fully saturated rings. The number of hydrogen-bond acceptors (Lipinski definition) is 3. The highest BCUT2D eigenvalue weighted by molar-refractivity contribution is 7.97. The Bertz CT molecular complexity index is 549. The first-order valence-corrected chi connectivity index (χ1v) is 8.21. The second-order valence-corrected chi connectivity index (χ2v) is 6.04. The fraction of sp³-hybridized carbons (Fsp3) is 0.250. The molecule has 0 saturated carbocycles. The normalized spacial score (nSPS) is 9.95. The van der Waals surface area contributed by atoms with E-state index in [0.717, 1.165) is 17.1 Å². The van der Waals surface area contributed by atoms with Crippen molar-refractivity contribution in [3.8, 4) is 11.8 Å². The summed E-state index contributed by atoms with van der Waals surface area (Å²) >= 11 is 3.68. The van der Waals surface area contributed by atoms with Gasteiger partial charge in [-0.15, -0.1) is 11.3 Å². The van der Waals surface area contributed by atoms with Gasteiger partial charge in [-0.3, -0.25) is 0 Å². The lowest BCUT2D eigenvalue weighted by Gasteiger charge is -1.99. The van der Waals surface area contributed by atoms with E-state index < -0.39 is 0 Å². The van der Waals surface area contributed by atoms with E-state index in [4.69, 9.17) is 5.11 Å². The van der Waals surface area contributed by atoms with Crippen LogP contribution in [0.4, 0.5) is 0 Å². The van der Waals surface area contributed by atoms with Gasteiger partial charge in [-0.2, -0.15) is 11.8 Å². The van der Waals surface area contributed by atoms with E-state index in [1.807, 2.05) is 17.8 Å². The van der Waals surface area contributed by atoms with E-state index in [1.54, 1.807) is 11.3 Å². The first kappa shape index (κ1) is 14.2. The standard InChI is InChI=1S/C16H16OS2/c17-9-5-4-8-15-10-16(19-12-15)13-18-11-14-6-2-1-3-7-14/h1-3,6-7,10,12,17H,5,9,11,13H2. The topological polar surface area (TPSA) is 20.2 Å². The highest BCUT2D eigenvalue weighted by Crippen LogP contribution is 2.22. The quantitative estimate of drug-likeness (QED) is 0.842. The molecule has 0 aliphatic rings. The van der Waals surface area contributed by atoms with Gasteiger partial charge in [0, 0.05) is 33.7 Å². The number of hydrogen-bond donors (Lipinski definition) is 1. The molecular formula is C16H16OS2. The number of benzene rings is 1. The zero-order valence-electron chi connectivity index (χ0n) is 10.6. The van der Waals surface area contributed by atoms with Crippen LogP contribution in [0, 0.1) is 11.8 Å². The zero-order chi connectivity index (χ0) is 13.3. The number of aliphatic hydroxyl groups excluding tert-OH is 1. The maximum Gasteiger partial charge on any atom is 0.0540 e. The van der Waals surface area contributed by atoms with E-state index in [9.17, 15) is 0 Å². The van der Waals surface area contributed by atoms with Crippen LogP contribution in [-0.2, 0) is 11.5 Å². The van der Waals surface area contributed by atoms with Gasteiger partial charge in [-0.1, -0.05) is 42.2 Å². The van der Waals surface area contributed by atoms with Crippen LogP contribution in [0.25, 0.3) is 0 Å². The van der Waals surface area contributed by atoms with Crippen LogP contribution in [0.15, 0.2) is 41.8 Å². The molecular weight excluding hydrogens is 272 g/mol. The molecule has 1 heterocycles. The molecule has 2 rings (SSSR count). The third kappa shape index (κ3) is 5.12. The predicted octanol–water partition coefficient (Wildman–Crippen LogP) is 3.92. The molecule has 0 aliphatic carbocycles. The summed E-state index contributed by atoms with van der Waals surface area (Å²) in [5.41, 5.74) is 2.43. The van der Waals surface area contributed by atoms with Crippen molar-refractivity contribution in [1.29, 1.82) is 0 Å². The number of thioether (sulfide) groups is 1. The lowest BCUT2D eigenvalue weighted by atomic mass is 10.2. The molecule has 0 unspecified atom stereocenters. The van der Waals surface area contributed by atoms with E-state index >= 15 is 0 Å². The summed E-state index contributed by atoms with van der Waals surface area (Å²) in [6.45, 7) is 0.136. The van der Waals surface area contributed by atoms with Gasteiger partial charge in [-0.05, 0) is 11.6 Å². The first-order valence-electron chi connectivity index (χ1n) is 6.17. The summed E-state index contributed by atoms with van der Waals surface area (Å²) in [5, 5.41) is 10.8. The molecule has 19 heavy (non-hydrogen) atoms. The van der Waals surface area contributed by atoms with Crippen molar-refractivity contribution in [1.82, 2.24) is 0 Å². The second-order valence-electron chi connectivity index (χ2n) is 4.06. The second kappa shape index (κ2) is 8.06. The minimum absolute atomic E-state index is 0.136. The van der Waals surface area contributed by atoms with E-state index in [0.29, 0.717) is 6.42 Å². The lowest BCUT2D eigenvalue weighted by molar-refractivity contribution is 0.305. The van der Waals surface area contributed by atoms with Crippen molar-refractivity contribution < 1.29 is 5.11 Å². The number of rotatable bonds is 5. The summed E-state index contributed by atoms with van der Waals surface area (Å²) in [5.74, 6) is 8.09. The Morgan fingerprint density at radius 1 is 1.16 bits per heavy atom. The Morgan fingerprint density at radius 3 is 2.79 bits per heavy atom. The number of thiophene rings is 1. The Morgan fingerprint density at radius 2 is 2.00 bits per heavy atom. The molecule has 1 aromatic heterocycles. The minimum atomic E-state index is 0.136. The van der Waals surface area contributed by atoms with Gasteiger partial charge in [0.05, 0.1) is 6.61 Å². The molecule has 1 nitrogen and oxygen atoms in total. The smallest absolute Gasteiger partial charge is 0.0540 e. The van der Waals surface area contributed by atoms with Crippen molar-refractivity contribution in [2.24, 2.45) is 0 Å². The molecule has 0 aliphatic heterocycles. The van der Waals surface area contributed by atoms with Crippen LogP contribution >= 0.6 is 23.1 Å². The van der Waals surface area contributed by atoms with Crippen molar-refractivity contribution in [3.05, 3.63) is 57.8 Å². The van der Waals surface area contributed by atoms with Crippen LogP contribution in [-0.4, -0.2) is 11.7 Å². The van der Waals surface area contributed by atoms with E-state index in [-0.39, 0.29) is 6.61 Å². The van der Waals surface area contributed by atoms with Gasteiger partial charge >= 0.3 is 0 Å². The predicted molar refractivity (Wildman–Crippen MR) is 84.3 cm³/mol. The third-order valence-electron chi connectivity index (χ3n) is 2.48. The monoisotopic (exact) mass is 288 g/mol. The molecule has 0 spiro atoms. The number of aliphatic hydroxyl groups is 1. The van der Waals surface area contributed by atoms with Crippen LogP contribution in [0.5, 0.6) is 0 Å². The van der Waals surface area contributed by atoms with Gasteiger partial charge in [0.15, 0.2) is 0 Å². The molecule has 0 atom stereocenters. The SMILES string of the molecule is OCCC#Cc1csc(CSCc2ccccc2)c1. The average molecular weight is 288 g/mol. The van der Waals surface area contributed by atoms with Gasteiger partial charge < -0.3 is 5.11 Å². The van der Waals surface area contributed by atoms with Crippen LogP contribution in [0.3, 0.4) is 0 Å². The lowest BCUT2D eigenvalue weighted by Crippen LogP contribution is -1.80. The zero-order valence-corrected chi connectivity index (χ0v) is 12.3. The van der Waals surface area contributed by atoms with Crippen molar-refractivity contribution in [2.75, 3.05) is 6.61 Å². The van der Waals surface area contributed by atoms with E-state index in [1.165, 1.54) is 10.4 Å². The Hall–Kier alpha value is -1.21. The maximum atomic E-state index is 8.67. The summed E-state index contributed by atoms with van der Waals surface area (Å²) < 4.78 is 0. The molecule has 0 bridgehead atoms. The molecule has 1 aromatic carbocycles. The summed E-state index contributed by atoms with van der Waals surface area (Å²) in [4.78, 5) is 1.36. The third-order valence-corrected chi connectivity index (χ3v) is 4.65. The van der Waals surface area contributed by atoms with Crippen molar-refractivity contribution in [2.45, 2.75) is 17.9 Å². The van der Waals surface area contributed by atoms with Crippen LogP contribution in [0.2, 0.25) is 0 Å². The minimum Gasteiger partial charge on any atom is -0.395 e. The molecule has 0 amide bonds. The van der Waals surface area contributed by atoms with Crippen molar-refractivity contribution in [3.63, 3.8) is 0 Å². The molecule has 98 valence electrons. The van der Waals surface area contributed by atoms with Crippen LogP contribution in [0.1, 0.15) is 22.4 Å². The summed E-state index contributed by atoms with van der Waals surface area (Å²) in [6.07, 6.45) is 0.550. The first-order chi connectivity index (χ1) is 9.38. The average Bonchev–Trinajstić information content (AvgIpc) is 2.88. The Kier molecular flexibility index (Phi) is 6.03. The summed E-state index contributed by atoms with van der Waals surface area (Å²) in [6, 6.07) is 12.7. The summed E-state index contributed by atoms with van der Waals surface area (Å²) in [7, 11) is 0. The molecule has 2 aromatic rings. The molecule has 1 N–H and O–H groups in total. The fourth-order valence-corrected chi connectivity index (χ4v) is 3.52. The Balaban J connectivity index is 1.79. The molecule has 3 heteroatoms. The fourth-order valence-electron chi connectivity index (χ4n) is 1.59. The Labute approximate surface area is 122 Å². The maximum absolute atomic E-state index is 8.67. The van der Waals surface area contributed by atoms with Gasteiger partial charge in [0.2, 0.25) is 0 Å². The van der Waals surface area contributed by atoms with Crippen molar-refractivity contribution >= 4 is 23.1 Å². The van der Waals surface area contributed by atoms with Gasteiger partial charge in [-0.25, -0.2) is 0 Å². The van der Waals surface area contributed by atoms with E-state index in [2.05, 4.69) is 47.6 Å². The van der Waals surface area contributed by atoms with Gasteiger partial charge in [0.25, 0.3) is 0 Å². The van der Waals surface area contributed by atoms with Gasteiger partial charge in [0.1, 0.15) is 0 Å².